The van der Waals surface area contributed by atoms with Gasteiger partial charge in [0.15, 0.2) is 0 Å². The number of halogens is 3. The predicted octanol–water partition coefficient (Wildman–Crippen LogP) is 4.93. The molecule has 4 heteroatoms. The van der Waals surface area contributed by atoms with Gasteiger partial charge in [0.05, 0.1) is 5.92 Å². The van der Waals surface area contributed by atoms with E-state index in [1.54, 1.807) is 0 Å². The van der Waals surface area contributed by atoms with E-state index in [-0.39, 0.29) is 24.8 Å². The fraction of sp³-hybridized carbons (Fsp3) is 0.647. The largest absolute Gasteiger partial charge is 0.391 e. The first-order valence-corrected chi connectivity index (χ1v) is 7.64. The topological polar surface area (TPSA) is 12.0 Å². The lowest BCUT2D eigenvalue weighted by atomic mass is 9.75. The van der Waals surface area contributed by atoms with E-state index in [1.165, 1.54) is 16.7 Å². The van der Waals surface area contributed by atoms with Crippen molar-refractivity contribution in [2.45, 2.75) is 51.7 Å². The summed E-state index contributed by atoms with van der Waals surface area (Å²) >= 11 is 0. The summed E-state index contributed by atoms with van der Waals surface area (Å²) in [6.07, 6.45) is -2.22. The van der Waals surface area contributed by atoms with Gasteiger partial charge in [-0.15, -0.1) is 0 Å². The highest BCUT2D eigenvalue weighted by molar-refractivity contribution is 5.35. The first-order chi connectivity index (χ1) is 9.84. The van der Waals surface area contributed by atoms with Crippen LogP contribution in [-0.2, 0) is 0 Å². The van der Waals surface area contributed by atoms with E-state index in [0.29, 0.717) is 12.8 Å². The van der Waals surface area contributed by atoms with Gasteiger partial charge in [-0.25, -0.2) is 0 Å². The van der Waals surface area contributed by atoms with Crippen LogP contribution in [0.15, 0.2) is 18.2 Å². The molecule has 1 aliphatic carbocycles. The van der Waals surface area contributed by atoms with E-state index >= 15 is 0 Å². The van der Waals surface area contributed by atoms with Crippen LogP contribution in [0.3, 0.4) is 0 Å². The van der Waals surface area contributed by atoms with Crippen molar-refractivity contribution in [3.63, 3.8) is 0 Å². The number of rotatable bonds is 3. The molecule has 2 rings (SSSR count). The van der Waals surface area contributed by atoms with Crippen molar-refractivity contribution in [3.8, 4) is 0 Å². The molecule has 1 atom stereocenters. The zero-order valence-electron chi connectivity index (χ0n) is 12.9. The van der Waals surface area contributed by atoms with Crippen LogP contribution in [0.2, 0.25) is 0 Å². The summed E-state index contributed by atoms with van der Waals surface area (Å²) in [5.74, 6) is -0.820. The Kier molecular flexibility index (Phi) is 4.97. The number of aryl methyl sites for hydroxylation is 1. The van der Waals surface area contributed by atoms with Crippen molar-refractivity contribution in [1.82, 2.24) is 5.32 Å². The highest BCUT2D eigenvalue weighted by Crippen LogP contribution is 2.43. The molecule has 0 aliphatic heterocycles. The molecule has 1 saturated carbocycles. The standard InChI is InChI=1S/C17H24F3N/c1-11-5-4-6-15(12(11)2)16(21-3)13-7-9-14(10-8-13)17(18,19)20/h4-6,13-14,16,21H,7-10H2,1-3H3. The second kappa shape index (κ2) is 6.39. The molecule has 0 spiro atoms. The zero-order chi connectivity index (χ0) is 15.6. The van der Waals surface area contributed by atoms with Crippen LogP contribution in [0.5, 0.6) is 0 Å². The van der Waals surface area contributed by atoms with E-state index in [0.717, 1.165) is 0 Å². The fourth-order valence-electron chi connectivity index (χ4n) is 3.54. The molecule has 1 fully saturated rings. The Morgan fingerprint density at radius 2 is 1.71 bits per heavy atom. The molecular weight excluding hydrogens is 275 g/mol. The molecular formula is C17H24F3N. The Bertz CT molecular complexity index is 473. The third-order valence-corrected chi connectivity index (χ3v) is 5.00. The smallest absolute Gasteiger partial charge is 0.313 e. The molecule has 0 bridgehead atoms. The van der Waals surface area contributed by atoms with Crippen LogP contribution >= 0.6 is 0 Å². The predicted molar refractivity (Wildman–Crippen MR) is 79.2 cm³/mol. The summed E-state index contributed by atoms with van der Waals surface area (Å²) < 4.78 is 38.3. The molecule has 1 aromatic rings. The van der Waals surface area contributed by atoms with Crippen molar-refractivity contribution in [3.05, 3.63) is 34.9 Å². The molecule has 1 unspecified atom stereocenters. The molecule has 1 aromatic carbocycles. The van der Waals surface area contributed by atoms with Crippen LogP contribution in [-0.4, -0.2) is 13.2 Å². The summed E-state index contributed by atoms with van der Waals surface area (Å²) in [6, 6.07) is 6.36. The van der Waals surface area contributed by atoms with Gasteiger partial charge in [-0.3, -0.25) is 0 Å². The molecule has 0 heterocycles. The summed E-state index contributed by atoms with van der Waals surface area (Å²) in [5, 5.41) is 3.33. The Balaban J connectivity index is 2.12. The highest BCUT2D eigenvalue weighted by atomic mass is 19.4. The number of hydrogen-bond acceptors (Lipinski definition) is 1. The van der Waals surface area contributed by atoms with E-state index in [4.69, 9.17) is 0 Å². The first-order valence-electron chi connectivity index (χ1n) is 7.64. The van der Waals surface area contributed by atoms with Gasteiger partial charge in [-0.1, -0.05) is 18.2 Å². The minimum atomic E-state index is -4.03. The molecule has 21 heavy (non-hydrogen) atoms. The van der Waals surface area contributed by atoms with Crippen LogP contribution in [0.1, 0.15) is 48.4 Å². The van der Waals surface area contributed by atoms with Crippen LogP contribution in [0, 0.1) is 25.7 Å². The lowest BCUT2D eigenvalue weighted by molar-refractivity contribution is -0.184. The molecule has 118 valence electrons. The van der Waals surface area contributed by atoms with Gasteiger partial charge in [0.2, 0.25) is 0 Å². The van der Waals surface area contributed by atoms with Crippen molar-refractivity contribution >= 4 is 0 Å². The van der Waals surface area contributed by atoms with Crippen LogP contribution < -0.4 is 5.32 Å². The summed E-state index contributed by atoms with van der Waals surface area (Å²) in [5.41, 5.74) is 3.71. The second-order valence-electron chi connectivity index (χ2n) is 6.21. The Hall–Kier alpha value is -1.03. The highest BCUT2D eigenvalue weighted by Gasteiger charge is 2.42. The maximum atomic E-state index is 12.8. The molecule has 0 saturated heterocycles. The summed E-state index contributed by atoms with van der Waals surface area (Å²) in [6.45, 7) is 4.17. The number of alkyl halides is 3. The summed E-state index contributed by atoms with van der Waals surface area (Å²) in [4.78, 5) is 0. The average Bonchev–Trinajstić information content (AvgIpc) is 2.44. The SMILES string of the molecule is CNC(c1cccc(C)c1C)C1CCC(C(F)(F)F)CC1. The summed E-state index contributed by atoms with van der Waals surface area (Å²) in [7, 11) is 1.91. The third-order valence-electron chi connectivity index (χ3n) is 5.00. The number of nitrogens with one attached hydrogen (secondary N) is 1. The van der Waals surface area contributed by atoms with Crippen molar-refractivity contribution in [2.75, 3.05) is 7.05 Å². The number of benzene rings is 1. The lowest BCUT2D eigenvalue weighted by Crippen LogP contribution is -2.33. The molecule has 0 aromatic heterocycles. The van der Waals surface area contributed by atoms with E-state index in [9.17, 15) is 13.2 Å². The van der Waals surface area contributed by atoms with Crippen molar-refractivity contribution < 1.29 is 13.2 Å². The molecule has 1 N–H and O–H groups in total. The van der Waals surface area contributed by atoms with Gasteiger partial charge in [0, 0.05) is 6.04 Å². The van der Waals surface area contributed by atoms with Crippen molar-refractivity contribution in [2.24, 2.45) is 11.8 Å². The minimum Gasteiger partial charge on any atom is -0.313 e. The fourth-order valence-corrected chi connectivity index (χ4v) is 3.54. The monoisotopic (exact) mass is 299 g/mol. The molecule has 1 aliphatic rings. The van der Waals surface area contributed by atoms with Gasteiger partial charge < -0.3 is 5.32 Å². The van der Waals surface area contributed by atoms with Crippen molar-refractivity contribution in [1.29, 1.82) is 0 Å². The van der Waals surface area contributed by atoms with Gasteiger partial charge in [0.1, 0.15) is 0 Å². The maximum absolute atomic E-state index is 12.8. The van der Waals surface area contributed by atoms with Gasteiger partial charge in [-0.05, 0) is 69.2 Å². The molecule has 0 amide bonds. The van der Waals surface area contributed by atoms with Crippen LogP contribution in [0.4, 0.5) is 13.2 Å². The average molecular weight is 299 g/mol. The van der Waals surface area contributed by atoms with E-state index < -0.39 is 12.1 Å². The number of hydrogen-bond donors (Lipinski definition) is 1. The maximum Gasteiger partial charge on any atom is 0.391 e. The van der Waals surface area contributed by atoms with Gasteiger partial charge in [-0.2, -0.15) is 13.2 Å². The van der Waals surface area contributed by atoms with E-state index in [1.807, 2.05) is 13.1 Å². The second-order valence-corrected chi connectivity index (χ2v) is 6.21. The minimum absolute atomic E-state index is 0.152. The van der Waals surface area contributed by atoms with E-state index in [2.05, 4.69) is 31.3 Å². The Labute approximate surface area is 124 Å². The van der Waals surface area contributed by atoms with Crippen LogP contribution in [0.25, 0.3) is 0 Å². The normalized spacial score (nSPS) is 24.9. The molecule has 1 nitrogen and oxygen atoms in total. The first kappa shape index (κ1) is 16.3. The Morgan fingerprint density at radius 3 is 2.24 bits per heavy atom. The van der Waals surface area contributed by atoms with Gasteiger partial charge >= 0.3 is 6.18 Å². The molecule has 0 radical (unpaired) electrons. The Morgan fingerprint density at radius 1 is 1.10 bits per heavy atom. The third kappa shape index (κ3) is 3.60. The quantitative estimate of drug-likeness (QED) is 0.834. The van der Waals surface area contributed by atoms with Gasteiger partial charge in [0.25, 0.3) is 0 Å². The lowest BCUT2D eigenvalue weighted by Gasteiger charge is -2.35. The zero-order valence-corrected chi connectivity index (χ0v) is 12.9.